The highest BCUT2D eigenvalue weighted by atomic mass is 16.5. The van der Waals surface area contributed by atoms with Crippen molar-refractivity contribution in [3.8, 4) is 80.1 Å². The molecule has 14 nitrogen and oxygen atoms in total. The Labute approximate surface area is 374 Å². The van der Waals surface area contributed by atoms with Crippen LogP contribution in [-0.2, 0) is 9.59 Å². The van der Waals surface area contributed by atoms with E-state index in [2.05, 4.69) is 0 Å². The number of carbonyl (C=O) groups excluding carboxylic acids is 4. The number of benzene rings is 6. The zero-order valence-corrected chi connectivity index (χ0v) is 37.7. The third kappa shape index (κ3) is 14.0. The van der Waals surface area contributed by atoms with E-state index in [-0.39, 0.29) is 22.6 Å². The lowest BCUT2D eigenvalue weighted by Gasteiger charge is -2.15. The lowest BCUT2D eigenvalue weighted by molar-refractivity contribution is -0.0987. The Hall–Kier alpha value is -8.00. The van der Waals surface area contributed by atoms with Crippen molar-refractivity contribution in [1.29, 1.82) is 0 Å². The Balaban J connectivity index is 0.00000167. The van der Waals surface area contributed by atoms with Gasteiger partial charge in [-0.15, -0.1) is 0 Å². The molecule has 6 rings (SSSR count). The molecule has 14 heteroatoms. The number of carbonyl (C=O) groups is 4. The Morgan fingerprint density at radius 2 is 0.641 bits per heavy atom. The molecule has 0 unspecified atom stereocenters. The second-order valence-corrected chi connectivity index (χ2v) is 11.8. The number of hydrogen-bond acceptors (Lipinski definition) is 14. The Bertz CT molecular complexity index is 2320. The molecule has 0 aliphatic carbocycles. The van der Waals surface area contributed by atoms with Gasteiger partial charge in [-0.25, -0.2) is 9.59 Å². The van der Waals surface area contributed by atoms with Gasteiger partial charge in [-0.3, -0.25) is 0 Å². The summed E-state index contributed by atoms with van der Waals surface area (Å²) in [4.78, 5) is 41.8. The standard InChI is InChI=1S/C44H38O12.2C2H6.2CH2O/c1-47-36-24-38(49-3)37(48-2)23-35(36)44(46)56-34-17-11-29(12-18-34)43(45)55-33-15-9-28(10-16-33)27-7-13-30(14-8-27)53-31-19-21-32(22-20-31)54-42-26-40(51-5)39(50-4)25-41(42)52-6;4*1-2/h7-26H,1-6H3;2*1-2H3;2*1H2. The maximum Gasteiger partial charge on any atom is 0.347 e. The van der Waals surface area contributed by atoms with Crippen molar-refractivity contribution < 1.29 is 66.5 Å². The first-order valence-electron chi connectivity index (χ1n) is 19.6. The van der Waals surface area contributed by atoms with Gasteiger partial charge in [0.05, 0.1) is 48.2 Å². The van der Waals surface area contributed by atoms with Crippen LogP contribution in [0.25, 0.3) is 11.1 Å². The van der Waals surface area contributed by atoms with Gasteiger partial charge in [0.1, 0.15) is 53.6 Å². The van der Waals surface area contributed by atoms with E-state index in [1.165, 1.54) is 57.7 Å². The van der Waals surface area contributed by atoms with Crippen LogP contribution in [0.2, 0.25) is 0 Å². The zero-order valence-electron chi connectivity index (χ0n) is 37.7. The lowest BCUT2D eigenvalue weighted by Crippen LogP contribution is -2.12. The highest BCUT2D eigenvalue weighted by Gasteiger charge is 2.20. The normalized spacial score (nSPS) is 9.47. The van der Waals surface area contributed by atoms with Crippen molar-refractivity contribution in [2.45, 2.75) is 27.7 Å². The fraction of sp³-hybridized carbons (Fsp3) is 0.200. The van der Waals surface area contributed by atoms with Crippen LogP contribution in [0.1, 0.15) is 48.4 Å². The summed E-state index contributed by atoms with van der Waals surface area (Å²) in [6, 6.07) is 34.4. The molecule has 0 aliphatic heterocycles. The molecule has 0 heterocycles. The van der Waals surface area contributed by atoms with E-state index in [4.69, 9.17) is 57.0 Å². The Kier molecular flexibility index (Phi) is 22.6. The minimum Gasteiger partial charge on any atom is -0.496 e. The molecular formula is C50H54O14. The quantitative estimate of drug-likeness (QED) is 0.0707. The molecule has 6 aromatic carbocycles. The van der Waals surface area contributed by atoms with E-state index >= 15 is 0 Å². The summed E-state index contributed by atoms with van der Waals surface area (Å²) >= 11 is 0. The van der Waals surface area contributed by atoms with Crippen molar-refractivity contribution >= 4 is 25.5 Å². The second kappa shape index (κ2) is 27.8. The van der Waals surface area contributed by atoms with Gasteiger partial charge < -0.3 is 57.0 Å². The molecule has 0 aromatic heterocycles. The SMILES string of the molecule is C=O.C=O.CC.CC.COc1cc(OC)c(Oc2ccc(Oc3ccc(-c4ccc(OC(=O)c5ccc(OC(=O)c6cc(OC)c(OC)cc6OC)cc5)cc4)cc3)cc2)cc1OC. The largest absolute Gasteiger partial charge is 0.496 e. The molecule has 0 saturated heterocycles. The summed E-state index contributed by atoms with van der Waals surface area (Å²) in [6.07, 6.45) is 0. The first kappa shape index (κ1) is 52.1. The molecule has 0 saturated carbocycles. The zero-order chi connectivity index (χ0) is 47.6. The minimum absolute atomic E-state index is 0.143. The molecule has 0 atom stereocenters. The Morgan fingerprint density at radius 3 is 1.06 bits per heavy atom. The van der Waals surface area contributed by atoms with E-state index in [0.717, 1.165) is 11.1 Å². The molecule has 64 heavy (non-hydrogen) atoms. The van der Waals surface area contributed by atoms with Crippen LogP contribution in [0.3, 0.4) is 0 Å². The number of esters is 2. The van der Waals surface area contributed by atoms with Crippen LogP contribution < -0.4 is 47.4 Å². The fourth-order valence-corrected chi connectivity index (χ4v) is 5.53. The van der Waals surface area contributed by atoms with Gasteiger partial charge in [0, 0.05) is 24.3 Å². The van der Waals surface area contributed by atoms with E-state index in [9.17, 15) is 9.59 Å². The molecule has 0 amide bonds. The summed E-state index contributed by atoms with van der Waals surface area (Å²) in [5.41, 5.74) is 2.28. The van der Waals surface area contributed by atoms with Crippen molar-refractivity contribution in [2.24, 2.45) is 0 Å². The number of methoxy groups -OCH3 is 6. The smallest absolute Gasteiger partial charge is 0.347 e. The molecule has 0 aliphatic rings. The van der Waals surface area contributed by atoms with E-state index < -0.39 is 11.9 Å². The van der Waals surface area contributed by atoms with Gasteiger partial charge in [-0.2, -0.15) is 0 Å². The van der Waals surface area contributed by atoms with Gasteiger partial charge in [0.2, 0.25) is 0 Å². The average Bonchev–Trinajstić information content (AvgIpc) is 3.37. The molecule has 0 N–H and O–H groups in total. The maximum atomic E-state index is 12.9. The van der Waals surface area contributed by atoms with Gasteiger partial charge in [-0.1, -0.05) is 52.0 Å². The lowest BCUT2D eigenvalue weighted by atomic mass is 10.1. The molecule has 0 fully saturated rings. The van der Waals surface area contributed by atoms with Crippen molar-refractivity contribution in [2.75, 3.05) is 42.7 Å². The summed E-state index contributed by atoms with van der Waals surface area (Å²) in [5.74, 6) is 4.23. The third-order valence-corrected chi connectivity index (χ3v) is 8.44. The number of hydrogen-bond donors (Lipinski definition) is 0. The van der Waals surface area contributed by atoms with Gasteiger partial charge in [0.25, 0.3) is 0 Å². The van der Waals surface area contributed by atoms with Crippen LogP contribution in [0.15, 0.2) is 121 Å². The van der Waals surface area contributed by atoms with E-state index in [1.54, 1.807) is 69.9 Å². The molecular weight excluding hydrogens is 825 g/mol. The number of ether oxygens (including phenoxy) is 10. The third-order valence-electron chi connectivity index (χ3n) is 8.44. The molecule has 0 radical (unpaired) electrons. The summed E-state index contributed by atoms with van der Waals surface area (Å²) in [6.45, 7) is 12.0. The Morgan fingerprint density at radius 1 is 0.344 bits per heavy atom. The minimum atomic E-state index is -0.674. The highest BCUT2D eigenvalue weighted by molar-refractivity contribution is 5.95. The summed E-state index contributed by atoms with van der Waals surface area (Å²) in [5, 5.41) is 0. The molecule has 6 aromatic rings. The highest BCUT2D eigenvalue weighted by Crippen LogP contribution is 2.42. The molecule has 0 spiro atoms. The average molecular weight is 879 g/mol. The topological polar surface area (TPSA) is 161 Å². The molecule has 0 bridgehead atoms. The molecule has 338 valence electrons. The van der Waals surface area contributed by atoms with Gasteiger partial charge in [0.15, 0.2) is 34.5 Å². The first-order valence-corrected chi connectivity index (χ1v) is 19.6. The van der Waals surface area contributed by atoms with E-state index in [1.807, 2.05) is 77.7 Å². The van der Waals surface area contributed by atoms with Crippen molar-refractivity contribution in [3.05, 3.63) is 132 Å². The maximum absolute atomic E-state index is 12.9. The van der Waals surface area contributed by atoms with Crippen LogP contribution in [-0.4, -0.2) is 68.2 Å². The van der Waals surface area contributed by atoms with E-state index in [0.29, 0.717) is 57.5 Å². The van der Waals surface area contributed by atoms with Crippen LogP contribution in [0.4, 0.5) is 0 Å². The second-order valence-electron chi connectivity index (χ2n) is 11.8. The van der Waals surface area contributed by atoms with Crippen LogP contribution in [0.5, 0.6) is 69.0 Å². The van der Waals surface area contributed by atoms with Crippen molar-refractivity contribution in [3.63, 3.8) is 0 Å². The van der Waals surface area contributed by atoms with Gasteiger partial charge in [-0.05, 0) is 83.9 Å². The predicted molar refractivity (Wildman–Crippen MR) is 244 cm³/mol. The monoisotopic (exact) mass is 878 g/mol. The predicted octanol–water partition coefficient (Wildman–Crippen LogP) is 11.1. The summed E-state index contributed by atoms with van der Waals surface area (Å²) in [7, 11) is 9.03. The number of rotatable bonds is 15. The van der Waals surface area contributed by atoms with Gasteiger partial charge >= 0.3 is 11.9 Å². The first-order chi connectivity index (χ1) is 31.2. The summed E-state index contributed by atoms with van der Waals surface area (Å²) < 4.78 is 55.3. The van der Waals surface area contributed by atoms with Crippen molar-refractivity contribution in [1.82, 2.24) is 0 Å². The van der Waals surface area contributed by atoms with Crippen LogP contribution >= 0.6 is 0 Å². The fourth-order valence-electron chi connectivity index (χ4n) is 5.53. The van der Waals surface area contributed by atoms with Crippen LogP contribution in [0, 0.1) is 0 Å².